The Kier molecular flexibility index (Phi) is 4.07. The predicted molar refractivity (Wildman–Crippen MR) is 66.2 cm³/mol. The van der Waals surface area contributed by atoms with E-state index in [-0.39, 0.29) is 5.82 Å². The Hall–Kier alpha value is -1.45. The van der Waals surface area contributed by atoms with Gasteiger partial charge in [0.1, 0.15) is 5.82 Å². The van der Waals surface area contributed by atoms with Crippen LogP contribution in [0.4, 0.5) is 4.39 Å². The number of pyridine rings is 1. The van der Waals surface area contributed by atoms with Crippen molar-refractivity contribution in [3.63, 3.8) is 0 Å². The van der Waals surface area contributed by atoms with Crippen LogP contribution < -0.4 is 5.32 Å². The molecule has 1 aromatic carbocycles. The number of halogens is 2. The lowest BCUT2D eigenvalue weighted by molar-refractivity contribution is 0.588. The van der Waals surface area contributed by atoms with Crippen LogP contribution in [0.2, 0.25) is 5.02 Å². The Morgan fingerprint density at radius 2 is 1.88 bits per heavy atom. The summed E-state index contributed by atoms with van der Waals surface area (Å²) < 4.78 is 13.3. The third-order valence-electron chi connectivity index (χ3n) is 2.45. The minimum atomic E-state index is -0.194. The van der Waals surface area contributed by atoms with Crippen LogP contribution in [0, 0.1) is 5.82 Å². The molecule has 0 atom stereocenters. The summed E-state index contributed by atoms with van der Waals surface area (Å²) in [5.74, 6) is -0.194. The first-order valence-corrected chi connectivity index (χ1v) is 5.67. The summed E-state index contributed by atoms with van der Waals surface area (Å²) >= 11 is 5.96. The highest BCUT2D eigenvalue weighted by atomic mass is 35.5. The molecular formula is C13H12ClFN2. The van der Waals surface area contributed by atoms with Gasteiger partial charge in [0.15, 0.2) is 0 Å². The first kappa shape index (κ1) is 12.0. The van der Waals surface area contributed by atoms with Crippen LogP contribution in [0.3, 0.4) is 0 Å². The Balaban J connectivity index is 1.93. The van der Waals surface area contributed by atoms with Gasteiger partial charge in [0.25, 0.3) is 0 Å². The summed E-state index contributed by atoms with van der Waals surface area (Å²) in [4.78, 5) is 3.91. The largest absolute Gasteiger partial charge is 0.308 e. The van der Waals surface area contributed by atoms with Crippen LogP contribution in [0.25, 0.3) is 0 Å². The molecule has 0 aliphatic rings. The molecule has 0 bridgehead atoms. The van der Waals surface area contributed by atoms with Gasteiger partial charge in [0.2, 0.25) is 0 Å². The van der Waals surface area contributed by atoms with E-state index in [1.54, 1.807) is 24.5 Å². The van der Waals surface area contributed by atoms with Crippen molar-refractivity contribution in [2.45, 2.75) is 13.1 Å². The van der Waals surface area contributed by atoms with Crippen LogP contribution in [0.15, 0.2) is 42.7 Å². The fourth-order valence-corrected chi connectivity index (χ4v) is 1.71. The van der Waals surface area contributed by atoms with Gasteiger partial charge in [-0.1, -0.05) is 29.8 Å². The fraction of sp³-hybridized carbons (Fsp3) is 0.154. The Morgan fingerprint density at radius 1 is 1.12 bits per heavy atom. The lowest BCUT2D eigenvalue weighted by Crippen LogP contribution is -2.14. The van der Waals surface area contributed by atoms with Crippen molar-refractivity contribution in [3.8, 4) is 0 Å². The van der Waals surface area contributed by atoms with Crippen molar-refractivity contribution in [1.29, 1.82) is 0 Å². The first-order chi connectivity index (χ1) is 8.27. The van der Waals surface area contributed by atoms with E-state index < -0.39 is 0 Å². The van der Waals surface area contributed by atoms with Gasteiger partial charge in [0.05, 0.1) is 5.02 Å². The summed E-state index contributed by atoms with van der Waals surface area (Å²) in [5.41, 5.74) is 1.61. The third kappa shape index (κ3) is 3.25. The second kappa shape index (κ2) is 5.75. The van der Waals surface area contributed by atoms with E-state index in [2.05, 4.69) is 10.3 Å². The van der Waals surface area contributed by atoms with Crippen LogP contribution in [0.5, 0.6) is 0 Å². The molecule has 0 aliphatic carbocycles. The molecule has 0 amide bonds. The minimum Gasteiger partial charge on any atom is -0.308 e. The van der Waals surface area contributed by atoms with Crippen LogP contribution in [-0.4, -0.2) is 4.98 Å². The molecule has 2 rings (SSSR count). The molecule has 0 aliphatic heterocycles. The predicted octanol–water partition coefficient (Wildman–Crippen LogP) is 3.16. The number of hydrogen-bond donors (Lipinski definition) is 1. The van der Waals surface area contributed by atoms with Crippen molar-refractivity contribution in [3.05, 3.63) is 64.7 Å². The number of rotatable bonds is 4. The molecule has 0 fully saturated rings. The summed E-state index contributed by atoms with van der Waals surface area (Å²) in [6.07, 6.45) is 3.29. The molecule has 0 unspecified atom stereocenters. The van der Waals surface area contributed by atoms with Crippen molar-refractivity contribution in [2.75, 3.05) is 0 Å². The van der Waals surface area contributed by atoms with Crippen molar-refractivity contribution in [1.82, 2.24) is 10.3 Å². The molecule has 1 heterocycles. The molecule has 17 heavy (non-hydrogen) atoms. The lowest BCUT2D eigenvalue weighted by atomic mass is 10.2. The third-order valence-corrected chi connectivity index (χ3v) is 2.79. The van der Waals surface area contributed by atoms with E-state index in [0.29, 0.717) is 23.7 Å². The number of aromatic nitrogens is 1. The van der Waals surface area contributed by atoms with Gasteiger partial charge >= 0.3 is 0 Å². The standard InChI is InChI=1S/C13H12ClFN2/c14-12-9-16-6-5-10(12)7-17-8-11-3-1-2-4-13(11)15/h1-6,9,17H,7-8H2. The second-order valence-corrected chi connectivity index (χ2v) is 4.07. The molecule has 1 N–H and O–H groups in total. The first-order valence-electron chi connectivity index (χ1n) is 5.30. The zero-order valence-corrected chi connectivity index (χ0v) is 9.91. The van der Waals surface area contributed by atoms with E-state index in [4.69, 9.17) is 11.6 Å². The average molecular weight is 251 g/mol. The van der Waals surface area contributed by atoms with Gasteiger partial charge in [-0.25, -0.2) is 4.39 Å². The topological polar surface area (TPSA) is 24.9 Å². The number of nitrogens with one attached hydrogen (secondary N) is 1. The number of hydrogen-bond acceptors (Lipinski definition) is 2. The van der Waals surface area contributed by atoms with Crippen molar-refractivity contribution < 1.29 is 4.39 Å². The summed E-state index contributed by atoms with van der Waals surface area (Å²) in [7, 11) is 0. The number of nitrogens with zero attached hydrogens (tertiary/aromatic N) is 1. The van der Waals surface area contributed by atoms with Crippen LogP contribution >= 0.6 is 11.6 Å². The second-order valence-electron chi connectivity index (χ2n) is 3.66. The maximum atomic E-state index is 13.3. The summed E-state index contributed by atoms with van der Waals surface area (Å²) in [6, 6.07) is 8.56. The van der Waals surface area contributed by atoms with E-state index >= 15 is 0 Å². The van der Waals surface area contributed by atoms with E-state index in [1.165, 1.54) is 6.07 Å². The van der Waals surface area contributed by atoms with E-state index in [1.807, 2.05) is 12.1 Å². The highest BCUT2D eigenvalue weighted by Crippen LogP contribution is 2.13. The molecule has 2 aromatic rings. The molecule has 0 spiro atoms. The van der Waals surface area contributed by atoms with Crippen molar-refractivity contribution >= 4 is 11.6 Å². The Labute approximate surface area is 104 Å². The highest BCUT2D eigenvalue weighted by molar-refractivity contribution is 6.31. The molecule has 1 aromatic heterocycles. The molecule has 0 radical (unpaired) electrons. The number of benzene rings is 1. The normalized spacial score (nSPS) is 10.5. The SMILES string of the molecule is Fc1ccccc1CNCc1ccncc1Cl. The molecule has 4 heteroatoms. The van der Waals surface area contributed by atoms with E-state index in [9.17, 15) is 4.39 Å². The Morgan fingerprint density at radius 3 is 2.65 bits per heavy atom. The Bertz CT molecular complexity index is 457. The molecule has 0 saturated carbocycles. The maximum Gasteiger partial charge on any atom is 0.127 e. The maximum absolute atomic E-state index is 13.3. The summed E-state index contributed by atoms with van der Waals surface area (Å²) in [5, 5.41) is 3.77. The molecule has 0 saturated heterocycles. The van der Waals surface area contributed by atoms with Crippen LogP contribution in [0.1, 0.15) is 11.1 Å². The zero-order chi connectivity index (χ0) is 12.1. The zero-order valence-electron chi connectivity index (χ0n) is 9.16. The quantitative estimate of drug-likeness (QED) is 0.902. The smallest absolute Gasteiger partial charge is 0.127 e. The van der Waals surface area contributed by atoms with Crippen molar-refractivity contribution in [2.24, 2.45) is 0 Å². The molecular weight excluding hydrogens is 239 g/mol. The van der Waals surface area contributed by atoms with Gasteiger partial charge in [-0.15, -0.1) is 0 Å². The van der Waals surface area contributed by atoms with Crippen LogP contribution in [-0.2, 0) is 13.1 Å². The average Bonchev–Trinajstić information content (AvgIpc) is 2.34. The fourth-order valence-electron chi connectivity index (χ4n) is 1.52. The molecule has 2 nitrogen and oxygen atoms in total. The van der Waals surface area contributed by atoms with Gasteiger partial charge < -0.3 is 5.32 Å². The van der Waals surface area contributed by atoms with E-state index in [0.717, 1.165) is 5.56 Å². The van der Waals surface area contributed by atoms with Gasteiger partial charge in [-0.3, -0.25) is 4.98 Å². The monoisotopic (exact) mass is 250 g/mol. The minimum absolute atomic E-state index is 0.194. The van der Waals surface area contributed by atoms with Gasteiger partial charge in [0, 0.05) is 31.0 Å². The highest BCUT2D eigenvalue weighted by Gasteiger charge is 2.01. The van der Waals surface area contributed by atoms with Gasteiger partial charge in [-0.2, -0.15) is 0 Å². The summed E-state index contributed by atoms with van der Waals surface area (Å²) in [6.45, 7) is 1.07. The van der Waals surface area contributed by atoms with Gasteiger partial charge in [-0.05, 0) is 17.7 Å². The lowest BCUT2D eigenvalue weighted by Gasteiger charge is -2.07. The molecule has 88 valence electrons.